The third-order valence-electron chi connectivity index (χ3n) is 5.30. The zero-order chi connectivity index (χ0) is 23.1. The molecule has 0 saturated carbocycles. The first-order valence-electron chi connectivity index (χ1n) is 10.7. The molecule has 0 unspecified atom stereocenters. The molecule has 0 fully saturated rings. The van der Waals surface area contributed by atoms with Gasteiger partial charge in [-0.1, -0.05) is 36.7 Å². The number of rotatable bonds is 10. The highest BCUT2D eigenvalue weighted by Gasteiger charge is 2.20. The highest BCUT2D eigenvalue weighted by Crippen LogP contribution is 2.34. The quantitative estimate of drug-likeness (QED) is 0.336. The van der Waals surface area contributed by atoms with E-state index in [0.717, 1.165) is 28.1 Å². The zero-order valence-electron chi connectivity index (χ0n) is 18.1. The van der Waals surface area contributed by atoms with Crippen molar-refractivity contribution in [1.29, 1.82) is 0 Å². The molecule has 168 valence electrons. The van der Waals surface area contributed by atoms with Gasteiger partial charge in [-0.3, -0.25) is 4.79 Å². The monoisotopic (exact) mass is 455 g/mol. The SMILES string of the molecule is CCO[C@H](c1ccc(F)cc1)c1cc(Nc2ccc(Cl)cc2)cc([C@H](CC)CC(=O)O)c1. The largest absolute Gasteiger partial charge is 0.481 e. The van der Waals surface area contributed by atoms with Crippen molar-refractivity contribution >= 4 is 28.9 Å². The van der Waals surface area contributed by atoms with Crippen molar-refractivity contribution in [1.82, 2.24) is 0 Å². The molecule has 0 aliphatic rings. The first-order chi connectivity index (χ1) is 15.4. The van der Waals surface area contributed by atoms with Crippen LogP contribution < -0.4 is 5.32 Å². The van der Waals surface area contributed by atoms with Crippen molar-refractivity contribution < 1.29 is 19.0 Å². The van der Waals surface area contributed by atoms with Crippen LogP contribution >= 0.6 is 11.6 Å². The van der Waals surface area contributed by atoms with Crippen molar-refractivity contribution in [2.24, 2.45) is 0 Å². The fourth-order valence-corrected chi connectivity index (χ4v) is 3.86. The van der Waals surface area contributed by atoms with Crippen LogP contribution in [0, 0.1) is 5.82 Å². The second-order valence-electron chi connectivity index (χ2n) is 7.61. The summed E-state index contributed by atoms with van der Waals surface area (Å²) in [5, 5.41) is 13.4. The van der Waals surface area contributed by atoms with Gasteiger partial charge in [0.2, 0.25) is 0 Å². The Labute approximate surface area is 193 Å². The summed E-state index contributed by atoms with van der Waals surface area (Å²) < 4.78 is 19.5. The molecule has 3 aromatic carbocycles. The topological polar surface area (TPSA) is 58.6 Å². The van der Waals surface area contributed by atoms with Crippen molar-refractivity contribution in [3.63, 3.8) is 0 Å². The Bertz CT molecular complexity index is 1040. The standard InChI is InChI=1S/C26H27ClFNO3/c1-3-17(16-25(30)31)19-13-20(26(32-4-2)18-5-9-22(28)10-6-18)15-24(14-19)29-23-11-7-21(27)8-12-23/h5-15,17,26,29H,3-4,16H2,1-2H3,(H,30,31)/t17-,26-/m1/s1. The molecule has 6 heteroatoms. The summed E-state index contributed by atoms with van der Waals surface area (Å²) in [5.41, 5.74) is 4.29. The molecule has 0 radical (unpaired) electrons. The summed E-state index contributed by atoms with van der Waals surface area (Å²) in [4.78, 5) is 11.4. The van der Waals surface area contributed by atoms with Gasteiger partial charge in [-0.2, -0.15) is 0 Å². The van der Waals surface area contributed by atoms with Crippen molar-refractivity contribution in [2.45, 2.75) is 38.7 Å². The summed E-state index contributed by atoms with van der Waals surface area (Å²) >= 11 is 6.00. The lowest BCUT2D eigenvalue weighted by Gasteiger charge is -2.23. The molecular formula is C26H27ClFNO3. The van der Waals surface area contributed by atoms with Crippen LogP contribution in [0.3, 0.4) is 0 Å². The number of halogens is 2. The summed E-state index contributed by atoms with van der Waals surface area (Å²) in [5.74, 6) is -1.29. The van der Waals surface area contributed by atoms with E-state index in [4.69, 9.17) is 16.3 Å². The fraction of sp³-hybridized carbons (Fsp3) is 0.269. The first kappa shape index (κ1) is 23.8. The highest BCUT2D eigenvalue weighted by molar-refractivity contribution is 6.30. The van der Waals surface area contributed by atoms with E-state index in [9.17, 15) is 14.3 Å². The van der Waals surface area contributed by atoms with E-state index in [1.165, 1.54) is 12.1 Å². The molecule has 4 nitrogen and oxygen atoms in total. The van der Waals surface area contributed by atoms with Crippen molar-refractivity contribution in [3.05, 3.63) is 94.3 Å². The normalized spacial score (nSPS) is 12.9. The number of ether oxygens (including phenoxy) is 1. The second-order valence-corrected chi connectivity index (χ2v) is 8.05. The number of nitrogens with one attached hydrogen (secondary N) is 1. The Morgan fingerprint density at radius 2 is 1.62 bits per heavy atom. The van der Waals surface area contributed by atoms with Crippen LogP contribution in [0.25, 0.3) is 0 Å². The average molecular weight is 456 g/mol. The third-order valence-corrected chi connectivity index (χ3v) is 5.56. The van der Waals surface area contributed by atoms with Gasteiger partial charge >= 0.3 is 5.97 Å². The molecule has 0 spiro atoms. The van der Waals surface area contributed by atoms with Gasteiger partial charge in [0.1, 0.15) is 11.9 Å². The molecular weight excluding hydrogens is 429 g/mol. The molecule has 0 aliphatic carbocycles. The minimum Gasteiger partial charge on any atom is -0.481 e. The van der Waals surface area contributed by atoms with Gasteiger partial charge in [-0.15, -0.1) is 0 Å². The third kappa shape index (κ3) is 6.31. The van der Waals surface area contributed by atoms with Crippen LogP contribution in [-0.2, 0) is 9.53 Å². The number of carbonyl (C=O) groups is 1. The number of carboxylic acids is 1. The van der Waals surface area contributed by atoms with Gasteiger partial charge in [0.05, 0.1) is 6.42 Å². The Balaban J connectivity index is 2.07. The van der Waals surface area contributed by atoms with Crippen LogP contribution in [0.4, 0.5) is 15.8 Å². The summed E-state index contributed by atoms with van der Waals surface area (Å²) in [6, 6.07) is 19.6. The van der Waals surface area contributed by atoms with E-state index in [1.54, 1.807) is 24.3 Å². The Kier molecular flexibility index (Phi) is 8.26. The van der Waals surface area contributed by atoms with Gasteiger partial charge in [0, 0.05) is 23.0 Å². The zero-order valence-corrected chi connectivity index (χ0v) is 18.9. The maximum atomic E-state index is 13.5. The maximum Gasteiger partial charge on any atom is 0.303 e. The van der Waals surface area contributed by atoms with Crippen molar-refractivity contribution in [3.8, 4) is 0 Å². The molecule has 2 atom stereocenters. The van der Waals surface area contributed by atoms with Gasteiger partial charge < -0.3 is 15.2 Å². The number of carboxylic acid groups (broad SMARTS) is 1. The molecule has 0 heterocycles. The van der Waals surface area contributed by atoms with E-state index in [2.05, 4.69) is 5.32 Å². The Morgan fingerprint density at radius 1 is 0.969 bits per heavy atom. The van der Waals surface area contributed by atoms with Crippen LogP contribution in [0.1, 0.15) is 55.4 Å². The van der Waals surface area contributed by atoms with Gasteiger partial charge in [0.25, 0.3) is 0 Å². The minimum atomic E-state index is -0.839. The molecule has 0 saturated heterocycles. The van der Waals surface area contributed by atoms with E-state index >= 15 is 0 Å². The molecule has 2 N–H and O–H groups in total. The van der Waals surface area contributed by atoms with E-state index in [1.807, 2.05) is 44.2 Å². The molecule has 0 amide bonds. The summed E-state index contributed by atoms with van der Waals surface area (Å²) in [7, 11) is 0. The molecule has 0 aliphatic heterocycles. The number of hydrogen-bond donors (Lipinski definition) is 2. The molecule has 3 rings (SSSR count). The second kappa shape index (κ2) is 11.1. The number of hydrogen-bond acceptors (Lipinski definition) is 3. The predicted octanol–water partition coefficient (Wildman–Crippen LogP) is 7.32. The summed E-state index contributed by atoms with van der Waals surface area (Å²) in [6.07, 6.45) is 0.316. The minimum absolute atomic E-state index is 0.0379. The average Bonchev–Trinajstić information content (AvgIpc) is 2.78. The van der Waals surface area contributed by atoms with Gasteiger partial charge in [-0.25, -0.2) is 4.39 Å². The van der Waals surface area contributed by atoms with Crippen molar-refractivity contribution in [2.75, 3.05) is 11.9 Å². The molecule has 3 aromatic rings. The lowest BCUT2D eigenvalue weighted by atomic mass is 9.89. The molecule has 32 heavy (non-hydrogen) atoms. The van der Waals surface area contributed by atoms with Crippen LogP contribution in [0.5, 0.6) is 0 Å². The maximum absolute atomic E-state index is 13.5. The van der Waals surface area contributed by atoms with Gasteiger partial charge in [-0.05, 0) is 84.5 Å². The molecule has 0 aromatic heterocycles. The van der Waals surface area contributed by atoms with Crippen LogP contribution in [0.15, 0.2) is 66.7 Å². The highest BCUT2D eigenvalue weighted by atomic mass is 35.5. The summed E-state index contributed by atoms with van der Waals surface area (Å²) in [6.45, 7) is 4.36. The molecule has 0 bridgehead atoms. The number of benzene rings is 3. The van der Waals surface area contributed by atoms with Crippen LogP contribution in [-0.4, -0.2) is 17.7 Å². The predicted molar refractivity (Wildman–Crippen MR) is 126 cm³/mol. The lowest BCUT2D eigenvalue weighted by molar-refractivity contribution is -0.137. The van der Waals surface area contributed by atoms with E-state index in [-0.39, 0.29) is 18.2 Å². The fourth-order valence-electron chi connectivity index (χ4n) is 3.73. The smallest absolute Gasteiger partial charge is 0.303 e. The van der Waals surface area contributed by atoms with Crippen LogP contribution in [0.2, 0.25) is 5.02 Å². The van der Waals surface area contributed by atoms with E-state index < -0.39 is 12.1 Å². The first-order valence-corrected chi connectivity index (χ1v) is 11.0. The Morgan fingerprint density at radius 3 is 2.22 bits per heavy atom. The van der Waals surface area contributed by atoms with Gasteiger partial charge in [0.15, 0.2) is 0 Å². The lowest BCUT2D eigenvalue weighted by Crippen LogP contribution is -2.10. The Hall–Kier alpha value is -2.89. The van der Waals surface area contributed by atoms with E-state index in [0.29, 0.717) is 18.1 Å². The number of aliphatic carboxylic acids is 1. The number of anilines is 2.